The van der Waals surface area contributed by atoms with Crippen molar-refractivity contribution >= 4 is 17.2 Å². The lowest BCUT2D eigenvalue weighted by Crippen LogP contribution is -2.25. The summed E-state index contributed by atoms with van der Waals surface area (Å²) >= 11 is 0. The van der Waals surface area contributed by atoms with Gasteiger partial charge in [-0.25, -0.2) is 4.98 Å². The highest BCUT2D eigenvalue weighted by Crippen LogP contribution is 2.33. The van der Waals surface area contributed by atoms with E-state index in [4.69, 9.17) is 0 Å². The fourth-order valence-corrected chi connectivity index (χ4v) is 2.61. The summed E-state index contributed by atoms with van der Waals surface area (Å²) in [5.74, 6) is 0.764. The molecule has 1 aliphatic heterocycles. The van der Waals surface area contributed by atoms with Gasteiger partial charge in [-0.3, -0.25) is 10.1 Å². The summed E-state index contributed by atoms with van der Waals surface area (Å²) in [4.78, 5) is 16.6. The molecule has 0 unspecified atom stereocenters. The molecule has 0 saturated carbocycles. The van der Waals surface area contributed by atoms with E-state index < -0.39 is 4.92 Å². The number of pyridine rings is 1. The van der Waals surface area contributed by atoms with Crippen molar-refractivity contribution in [3.05, 3.63) is 57.8 Å². The number of hydrogen-bond acceptors (Lipinski definition) is 4. The molecule has 0 radical (unpaired) electrons. The van der Waals surface area contributed by atoms with Crippen LogP contribution in [0, 0.1) is 17.0 Å². The zero-order valence-electron chi connectivity index (χ0n) is 11.2. The van der Waals surface area contributed by atoms with E-state index in [9.17, 15) is 10.1 Å². The number of hydrogen-bond donors (Lipinski definition) is 0. The third kappa shape index (κ3) is 2.22. The summed E-state index contributed by atoms with van der Waals surface area (Å²) < 4.78 is 0. The maximum Gasteiger partial charge on any atom is 0.287 e. The van der Waals surface area contributed by atoms with Crippen LogP contribution < -0.4 is 4.90 Å². The van der Waals surface area contributed by atoms with Crippen molar-refractivity contribution < 1.29 is 4.92 Å². The molecular weight excluding hydrogens is 254 g/mol. The molecule has 1 aromatic carbocycles. The maximum atomic E-state index is 10.7. The molecule has 0 aliphatic carbocycles. The van der Waals surface area contributed by atoms with Crippen LogP contribution in [0.5, 0.6) is 0 Å². The quantitative estimate of drug-likeness (QED) is 0.619. The van der Waals surface area contributed by atoms with Gasteiger partial charge in [-0.15, -0.1) is 0 Å². The number of rotatable bonds is 2. The van der Waals surface area contributed by atoms with Gasteiger partial charge in [-0.05, 0) is 37.5 Å². The van der Waals surface area contributed by atoms with Crippen molar-refractivity contribution in [1.29, 1.82) is 0 Å². The van der Waals surface area contributed by atoms with E-state index in [-0.39, 0.29) is 5.69 Å². The molecule has 1 aliphatic rings. The van der Waals surface area contributed by atoms with E-state index in [1.54, 1.807) is 6.07 Å². The van der Waals surface area contributed by atoms with Gasteiger partial charge in [0.2, 0.25) is 0 Å². The summed E-state index contributed by atoms with van der Waals surface area (Å²) in [6, 6.07) is 9.61. The highest BCUT2D eigenvalue weighted by Gasteiger charge is 2.19. The minimum atomic E-state index is -0.426. The Morgan fingerprint density at radius 2 is 2.15 bits per heavy atom. The predicted octanol–water partition coefficient (Wildman–Crippen LogP) is 3.38. The molecule has 3 rings (SSSR count). The van der Waals surface area contributed by atoms with Crippen molar-refractivity contribution in [1.82, 2.24) is 4.98 Å². The summed E-state index contributed by atoms with van der Waals surface area (Å²) in [7, 11) is 0. The number of nitrogens with zero attached hydrogens (tertiary/aromatic N) is 3. The van der Waals surface area contributed by atoms with Crippen LogP contribution in [0.25, 0.3) is 0 Å². The topological polar surface area (TPSA) is 59.3 Å². The van der Waals surface area contributed by atoms with Crippen LogP contribution in [0.2, 0.25) is 0 Å². The van der Waals surface area contributed by atoms with Crippen molar-refractivity contribution in [2.45, 2.75) is 19.8 Å². The first-order chi connectivity index (χ1) is 9.65. The fraction of sp³-hybridized carbons (Fsp3) is 0.267. The van der Waals surface area contributed by atoms with E-state index in [1.165, 1.54) is 23.4 Å². The van der Waals surface area contributed by atoms with Crippen LogP contribution in [0.15, 0.2) is 36.5 Å². The maximum absolute atomic E-state index is 10.7. The van der Waals surface area contributed by atoms with Crippen LogP contribution in [0.4, 0.5) is 17.2 Å². The Morgan fingerprint density at radius 1 is 1.30 bits per heavy atom. The molecule has 0 fully saturated rings. The second-order valence-corrected chi connectivity index (χ2v) is 5.02. The standard InChI is InChI=1S/C15H15N3O2/c1-11-4-6-14-12(9-11)3-2-8-17(14)15-7-5-13(10-16-15)18(19)20/h4-7,9-10H,2-3,8H2,1H3. The zero-order chi connectivity index (χ0) is 14.1. The number of aromatic nitrogens is 1. The van der Waals surface area contributed by atoms with Crippen LogP contribution in [0.1, 0.15) is 17.5 Å². The highest BCUT2D eigenvalue weighted by molar-refractivity contribution is 5.66. The van der Waals surface area contributed by atoms with Gasteiger partial charge < -0.3 is 4.90 Å². The second-order valence-electron chi connectivity index (χ2n) is 5.02. The lowest BCUT2D eigenvalue weighted by molar-refractivity contribution is -0.385. The normalized spacial score (nSPS) is 13.9. The molecule has 0 bridgehead atoms. The first-order valence-corrected chi connectivity index (χ1v) is 6.62. The predicted molar refractivity (Wildman–Crippen MR) is 77.4 cm³/mol. The van der Waals surface area contributed by atoms with E-state index >= 15 is 0 Å². The Kier molecular flexibility index (Phi) is 3.10. The van der Waals surface area contributed by atoms with Crippen LogP contribution in [-0.4, -0.2) is 16.5 Å². The molecule has 0 atom stereocenters. The van der Waals surface area contributed by atoms with Crippen LogP contribution in [0.3, 0.4) is 0 Å². The first kappa shape index (κ1) is 12.6. The van der Waals surface area contributed by atoms with Gasteiger partial charge in [-0.2, -0.15) is 0 Å². The van der Waals surface area contributed by atoms with Crippen molar-refractivity contribution in [3.63, 3.8) is 0 Å². The van der Waals surface area contributed by atoms with Crippen molar-refractivity contribution in [2.24, 2.45) is 0 Å². The molecule has 0 N–H and O–H groups in total. The Hall–Kier alpha value is -2.43. The second kappa shape index (κ2) is 4.92. The minimum absolute atomic E-state index is 0.0230. The van der Waals surface area contributed by atoms with E-state index in [1.807, 2.05) is 0 Å². The van der Waals surface area contributed by atoms with Gasteiger partial charge in [0.1, 0.15) is 12.0 Å². The lowest BCUT2D eigenvalue weighted by Gasteiger charge is -2.30. The molecule has 102 valence electrons. The van der Waals surface area contributed by atoms with Gasteiger partial charge in [-0.1, -0.05) is 17.7 Å². The van der Waals surface area contributed by atoms with Gasteiger partial charge in [0.25, 0.3) is 5.69 Å². The van der Waals surface area contributed by atoms with E-state index in [0.717, 1.165) is 30.9 Å². The number of fused-ring (bicyclic) bond motifs is 1. The SMILES string of the molecule is Cc1ccc2c(c1)CCCN2c1ccc([N+](=O)[O-])cn1. The van der Waals surface area contributed by atoms with Gasteiger partial charge in [0, 0.05) is 18.3 Å². The largest absolute Gasteiger partial charge is 0.326 e. The third-order valence-corrected chi connectivity index (χ3v) is 3.57. The summed E-state index contributed by atoms with van der Waals surface area (Å²) in [6.07, 6.45) is 3.45. The van der Waals surface area contributed by atoms with Crippen molar-refractivity contribution in [3.8, 4) is 0 Å². The van der Waals surface area contributed by atoms with Crippen molar-refractivity contribution in [2.75, 3.05) is 11.4 Å². The molecule has 20 heavy (non-hydrogen) atoms. The fourth-order valence-electron chi connectivity index (χ4n) is 2.61. The molecule has 0 saturated heterocycles. The molecule has 5 nitrogen and oxygen atoms in total. The van der Waals surface area contributed by atoms with Gasteiger partial charge >= 0.3 is 0 Å². The van der Waals surface area contributed by atoms with Gasteiger partial charge in [0.15, 0.2) is 0 Å². The monoisotopic (exact) mass is 269 g/mol. The average molecular weight is 269 g/mol. The van der Waals surface area contributed by atoms with Gasteiger partial charge in [0.05, 0.1) is 4.92 Å². The molecule has 5 heteroatoms. The highest BCUT2D eigenvalue weighted by atomic mass is 16.6. The number of anilines is 2. The lowest BCUT2D eigenvalue weighted by atomic mass is 9.99. The zero-order valence-corrected chi connectivity index (χ0v) is 11.2. The smallest absolute Gasteiger partial charge is 0.287 e. The Labute approximate surface area is 117 Å². The Morgan fingerprint density at radius 3 is 2.85 bits per heavy atom. The van der Waals surface area contributed by atoms with E-state index in [2.05, 4.69) is 35.0 Å². The van der Waals surface area contributed by atoms with E-state index in [0.29, 0.717) is 0 Å². The summed E-state index contributed by atoms with van der Waals surface area (Å²) in [5, 5.41) is 10.7. The average Bonchev–Trinajstić information content (AvgIpc) is 2.46. The van der Waals surface area contributed by atoms with Crippen LogP contribution in [-0.2, 0) is 6.42 Å². The molecule has 2 aromatic rings. The summed E-state index contributed by atoms with van der Waals surface area (Å²) in [6.45, 7) is 2.98. The molecule has 2 heterocycles. The first-order valence-electron chi connectivity index (χ1n) is 6.62. The minimum Gasteiger partial charge on any atom is -0.326 e. The molecule has 0 amide bonds. The van der Waals surface area contributed by atoms with Crippen LogP contribution >= 0.6 is 0 Å². The third-order valence-electron chi connectivity index (χ3n) is 3.57. The molecule has 0 spiro atoms. The Bertz CT molecular complexity index is 653. The molecule has 1 aromatic heterocycles. The molecular formula is C15H15N3O2. The Balaban J connectivity index is 1.98. The summed E-state index contributed by atoms with van der Waals surface area (Å²) in [5.41, 5.74) is 3.75. The number of nitro groups is 1. The number of benzene rings is 1. The number of aryl methyl sites for hydroxylation is 2.